The summed E-state index contributed by atoms with van der Waals surface area (Å²) in [4.78, 5) is 19.1. The molecule has 1 atom stereocenters. The molecule has 1 aromatic carbocycles. The van der Waals surface area contributed by atoms with E-state index >= 15 is 0 Å². The van der Waals surface area contributed by atoms with Crippen LogP contribution in [0.4, 0.5) is 0 Å². The lowest BCUT2D eigenvalue weighted by molar-refractivity contribution is -0.123. The minimum atomic E-state index is -0.973. The first kappa shape index (κ1) is 21.5. The molecule has 1 unspecified atom stereocenters. The molecular weight excluding hydrogens is 386 g/mol. The number of hydrogen-bond acceptors (Lipinski definition) is 4. The second-order valence-corrected chi connectivity index (χ2v) is 9.47. The van der Waals surface area contributed by atoms with Crippen LogP contribution in [-0.2, 0) is 17.9 Å². The maximum absolute atomic E-state index is 12.6. The molecule has 162 valence electrons. The van der Waals surface area contributed by atoms with Gasteiger partial charge in [-0.25, -0.2) is 0 Å². The molecule has 2 N–H and O–H groups in total. The quantitative estimate of drug-likeness (QED) is 0.734. The first-order chi connectivity index (χ1) is 14.8. The van der Waals surface area contributed by atoms with Crippen molar-refractivity contribution in [2.24, 2.45) is 11.3 Å². The third-order valence-corrected chi connectivity index (χ3v) is 6.45. The minimum Gasteiger partial charge on any atom is -0.378 e. The first-order valence-electron chi connectivity index (χ1n) is 11.1. The number of nitrogens with zero attached hydrogens (tertiary/aromatic N) is 2. The van der Waals surface area contributed by atoms with Crippen LogP contribution in [0.5, 0.6) is 0 Å². The summed E-state index contributed by atoms with van der Waals surface area (Å²) in [5.74, 6) is 6.24. The Balaban J connectivity index is 1.23. The average molecular weight is 418 g/mol. The van der Waals surface area contributed by atoms with Gasteiger partial charge in [0.2, 0.25) is 5.91 Å². The number of carbonyl (C=O) groups excluding carboxylic acids is 1. The highest BCUT2D eigenvalue weighted by atomic mass is 16.3. The Morgan fingerprint density at radius 3 is 2.48 bits per heavy atom. The van der Waals surface area contributed by atoms with Crippen LogP contribution in [0, 0.1) is 23.2 Å². The summed E-state index contributed by atoms with van der Waals surface area (Å²) in [6.45, 7) is 6.95. The highest BCUT2D eigenvalue weighted by molar-refractivity contribution is 5.82. The number of carbonyl (C=O) groups is 1. The van der Waals surface area contributed by atoms with Crippen LogP contribution in [0.2, 0.25) is 0 Å². The predicted octanol–water partition coefficient (Wildman–Crippen LogP) is 3.12. The topological polar surface area (TPSA) is 65.5 Å². The smallest absolute Gasteiger partial charge is 0.223 e. The Morgan fingerprint density at radius 1 is 1.16 bits per heavy atom. The molecule has 1 aliphatic heterocycles. The van der Waals surface area contributed by atoms with Crippen molar-refractivity contribution in [2.75, 3.05) is 13.1 Å². The number of nitrogens with one attached hydrogen (secondary N) is 1. The van der Waals surface area contributed by atoms with Crippen molar-refractivity contribution in [3.05, 3.63) is 65.5 Å². The lowest BCUT2D eigenvalue weighted by Crippen LogP contribution is -2.36. The third kappa shape index (κ3) is 5.72. The largest absolute Gasteiger partial charge is 0.378 e. The van der Waals surface area contributed by atoms with E-state index in [9.17, 15) is 9.90 Å². The molecule has 1 aromatic heterocycles. The van der Waals surface area contributed by atoms with Gasteiger partial charge in [0.15, 0.2) is 0 Å². The molecule has 2 aromatic rings. The molecule has 2 fully saturated rings. The fourth-order valence-electron chi connectivity index (χ4n) is 4.42. The average Bonchev–Trinajstić information content (AvgIpc) is 3.47. The van der Waals surface area contributed by atoms with E-state index in [2.05, 4.69) is 39.2 Å². The second kappa shape index (κ2) is 8.82. The van der Waals surface area contributed by atoms with Gasteiger partial charge in [-0.05, 0) is 87.0 Å². The maximum Gasteiger partial charge on any atom is 0.223 e. The number of benzene rings is 1. The monoisotopic (exact) mass is 417 g/mol. The molecule has 1 spiro atoms. The molecule has 0 bridgehead atoms. The second-order valence-electron chi connectivity index (χ2n) is 9.47. The molecule has 1 saturated heterocycles. The van der Waals surface area contributed by atoms with Gasteiger partial charge in [-0.15, -0.1) is 0 Å². The van der Waals surface area contributed by atoms with Gasteiger partial charge in [-0.3, -0.25) is 14.7 Å². The van der Waals surface area contributed by atoms with Crippen LogP contribution in [0.25, 0.3) is 0 Å². The number of rotatable bonds is 5. The number of hydrogen-bond donors (Lipinski definition) is 2. The van der Waals surface area contributed by atoms with E-state index in [1.54, 1.807) is 26.2 Å². The Morgan fingerprint density at radius 2 is 1.84 bits per heavy atom. The molecule has 1 saturated carbocycles. The number of likely N-dealkylation sites (tertiary alicyclic amines) is 1. The normalized spacial score (nSPS) is 20.0. The fourth-order valence-corrected chi connectivity index (χ4v) is 4.42. The van der Waals surface area contributed by atoms with Crippen molar-refractivity contribution in [1.82, 2.24) is 15.2 Å². The fraction of sp³-hybridized carbons (Fsp3) is 0.462. The van der Waals surface area contributed by atoms with Gasteiger partial charge < -0.3 is 10.4 Å². The van der Waals surface area contributed by atoms with Gasteiger partial charge >= 0.3 is 0 Å². The summed E-state index contributed by atoms with van der Waals surface area (Å²) < 4.78 is 0. The summed E-state index contributed by atoms with van der Waals surface area (Å²) in [5, 5.41) is 12.8. The van der Waals surface area contributed by atoms with Crippen LogP contribution in [0.1, 0.15) is 49.8 Å². The molecule has 1 amide bonds. The molecule has 5 nitrogen and oxygen atoms in total. The van der Waals surface area contributed by atoms with Gasteiger partial charge in [-0.1, -0.05) is 24.0 Å². The molecule has 1 aliphatic carbocycles. The SMILES string of the molecule is CC(C)(O)C#Cc1ccc(CN2CCC3(CC2)CC3C(=O)NCc2ccncc2)cc1. The third-order valence-electron chi connectivity index (χ3n) is 6.45. The molecule has 2 heterocycles. The molecule has 5 heteroatoms. The van der Waals surface area contributed by atoms with Gasteiger partial charge in [0.05, 0.1) is 0 Å². The summed E-state index contributed by atoms with van der Waals surface area (Å²) in [5.41, 5.74) is 2.52. The van der Waals surface area contributed by atoms with E-state index in [1.807, 2.05) is 24.3 Å². The van der Waals surface area contributed by atoms with E-state index in [1.165, 1.54) is 5.56 Å². The minimum absolute atomic E-state index is 0.171. The van der Waals surface area contributed by atoms with E-state index in [0.29, 0.717) is 6.54 Å². The van der Waals surface area contributed by atoms with E-state index in [-0.39, 0.29) is 17.2 Å². The number of piperidine rings is 1. The summed E-state index contributed by atoms with van der Waals surface area (Å²) in [6, 6.07) is 12.1. The highest BCUT2D eigenvalue weighted by Gasteiger charge is 2.58. The molecule has 2 aliphatic rings. The lowest BCUT2D eigenvalue weighted by atomic mass is 9.90. The van der Waals surface area contributed by atoms with Gasteiger partial charge in [-0.2, -0.15) is 0 Å². The number of aliphatic hydroxyl groups is 1. The van der Waals surface area contributed by atoms with Gasteiger partial charge in [0.1, 0.15) is 5.60 Å². The Bertz CT molecular complexity index is 960. The number of amides is 1. The zero-order chi connectivity index (χ0) is 21.9. The van der Waals surface area contributed by atoms with E-state index in [4.69, 9.17) is 0 Å². The Labute approximate surface area is 184 Å². The number of pyridine rings is 1. The van der Waals surface area contributed by atoms with Crippen LogP contribution in [-0.4, -0.2) is 39.6 Å². The summed E-state index contributed by atoms with van der Waals surface area (Å²) >= 11 is 0. The van der Waals surface area contributed by atoms with Gasteiger partial charge in [0, 0.05) is 37.0 Å². The van der Waals surface area contributed by atoms with Crippen molar-refractivity contribution in [2.45, 2.75) is 51.8 Å². The van der Waals surface area contributed by atoms with Crippen molar-refractivity contribution >= 4 is 5.91 Å². The standard InChI is InChI=1S/C26H31N3O2/c1-25(2,31)10-7-20-3-5-22(6-4-20)19-29-15-11-26(12-16-29)17-23(26)24(30)28-18-21-8-13-27-14-9-21/h3-6,8-9,13-14,23,31H,11-12,15-19H2,1-2H3,(H,28,30). The number of aromatic nitrogens is 1. The van der Waals surface area contributed by atoms with Crippen molar-refractivity contribution < 1.29 is 9.90 Å². The van der Waals surface area contributed by atoms with Crippen LogP contribution < -0.4 is 5.32 Å². The lowest BCUT2D eigenvalue weighted by Gasteiger charge is -2.32. The van der Waals surface area contributed by atoms with Crippen molar-refractivity contribution in [3.8, 4) is 11.8 Å². The maximum atomic E-state index is 12.6. The van der Waals surface area contributed by atoms with Gasteiger partial charge in [0.25, 0.3) is 0 Å². The first-order valence-corrected chi connectivity index (χ1v) is 11.1. The molecular formula is C26H31N3O2. The van der Waals surface area contributed by atoms with Crippen LogP contribution in [0.3, 0.4) is 0 Å². The van der Waals surface area contributed by atoms with Crippen LogP contribution in [0.15, 0.2) is 48.8 Å². The predicted molar refractivity (Wildman–Crippen MR) is 121 cm³/mol. The van der Waals surface area contributed by atoms with E-state index < -0.39 is 5.60 Å². The Kier molecular flexibility index (Phi) is 6.13. The zero-order valence-corrected chi connectivity index (χ0v) is 18.4. The highest BCUT2D eigenvalue weighted by Crippen LogP contribution is 2.59. The van der Waals surface area contributed by atoms with Crippen molar-refractivity contribution in [1.29, 1.82) is 0 Å². The zero-order valence-electron chi connectivity index (χ0n) is 18.4. The molecule has 31 heavy (non-hydrogen) atoms. The molecule has 4 rings (SSSR count). The van der Waals surface area contributed by atoms with Crippen molar-refractivity contribution in [3.63, 3.8) is 0 Å². The summed E-state index contributed by atoms with van der Waals surface area (Å²) in [7, 11) is 0. The molecule has 0 radical (unpaired) electrons. The van der Waals surface area contributed by atoms with Crippen LogP contribution >= 0.6 is 0 Å². The Hall–Kier alpha value is -2.68. The summed E-state index contributed by atoms with van der Waals surface area (Å²) in [6.07, 6.45) is 6.72. The van der Waals surface area contributed by atoms with E-state index in [0.717, 1.165) is 50.0 Å².